The fourth-order valence-corrected chi connectivity index (χ4v) is 2.90. The van der Waals surface area contributed by atoms with Gasteiger partial charge in [0.25, 0.3) is 0 Å². The third-order valence-electron chi connectivity index (χ3n) is 3.03. The summed E-state index contributed by atoms with van der Waals surface area (Å²) in [5.41, 5.74) is 0.404. The number of para-hydroxylation sites is 1. The Labute approximate surface area is 136 Å². The van der Waals surface area contributed by atoms with Crippen LogP contribution in [0.4, 0.5) is 5.69 Å². The van der Waals surface area contributed by atoms with Crippen molar-refractivity contribution in [3.05, 3.63) is 29.8 Å². The Hall–Kier alpha value is -2.09. The van der Waals surface area contributed by atoms with Gasteiger partial charge < -0.3 is 10.1 Å². The molecule has 7 nitrogen and oxygen atoms in total. The molecule has 0 aromatic heterocycles. The largest absolute Gasteiger partial charge is 0.462 e. The number of amides is 1. The number of hydrogen-bond donors (Lipinski definition) is 1. The smallest absolute Gasteiger partial charge is 0.340 e. The fourth-order valence-electron chi connectivity index (χ4n) is 1.96. The van der Waals surface area contributed by atoms with Gasteiger partial charge in [-0.25, -0.2) is 13.2 Å². The molecule has 0 radical (unpaired) electrons. The van der Waals surface area contributed by atoms with Crippen LogP contribution in [0.1, 0.15) is 30.6 Å². The number of anilines is 1. The lowest BCUT2D eigenvalue weighted by atomic mass is 10.2. The number of nitrogens with zero attached hydrogens (tertiary/aromatic N) is 1. The normalized spacial score (nSPS) is 10.9. The van der Waals surface area contributed by atoms with Crippen LogP contribution < -0.4 is 9.62 Å². The molecule has 0 saturated heterocycles. The molecular formula is C15H22N2O5S. The van der Waals surface area contributed by atoms with Crippen LogP contribution in [-0.2, 0) is 19.6 Å². The lowest BCUT2D eigenvalue weighted by Gasteiger charge is -2.24. The maximum Gasteiger partial charge on any atom is 0.340 e. The van der Waals surface area contributed by atoms with Crippen molar-refractivity contribution in [2.24, 2.45) is 0 Å². The molecule has 0 saturated carbocycles. The average molecular weight is 342 g/mol. The number of hydrogen-bond acceptors (Lipinski definition) is 5. The monoisotopic (exact) mass is 342 g/mol. The van der Waals surface area contributed by atoms with E-state index in [0.717, 1.165) is 10.6 Å². The van der Waals surface area contributed by atoms with Gasteiger partial charge in [0.2, 0.25) is 15.9 Å². The van der Waals surface area contributed by atoms with E-state index in [4.69, 9.17) is 4.74 Å². The van der Waals surface area contributed by atoms with Gasteiger partial charge in [-0.1, -0.05) is 19.1 Å². The summed E-state index contributed by atoms with van der Waals surface area (Å²) >= 11 is 0. The van der Waals surface area contributed by atoms with Crippen molar-refractivity contribution >= 4 is 27.6 Å². The molecule has 0 unspecified atom stereocenters. The molecule has 1 rings (SSSR count). The molecule has 0 aliphatic heterocycles. The molecule has 0 heterocycles. The van der Waals surface area contributed by atoms with Gasteiger partial charge in [0, 0.05) is 13.0 Å². The zero-order chi connectivity index (χ0) is 17.5. The van der Waals surface area contributed by atoms with E-state index in [-0.39, 0.29) is 36.9 Å². The van der Waals surface area contributed by atoms with Crippen molar-refractivity contribution in [1.82, 2.24) is 5.32 Å². The highest BCUT2D eigenvalue weighted by molar-refractivity contribution is 7.92. The summed E-state index contributed by atoms with van der Waals surface area (Å²) < 4.78 is 30.2. The highest BCUT2D eigenvalue weighted by Gasteiger charge is 2.23. The van der Waals surface area contributed by atoms with Gasteiger partial charge in [-0.05, 0) is 19.1 Å². The number of nitrogens with one attached hydrogen (secondary N) is 1. The maximum absolute atomic E-state index is 12.1. The van der Waals surface area contributed by atoms with Crippen LogP contribution in [0.5, 0.6) is 0 Å². The Morgan fingerprint density at radius 1 is 1.22 bits per heavy atom. The van der Waals surface area contributed by atoms with Gasteiger partial charge in [-0.3, -0.25) is 9.10 Å². The van der Waals surface area contributed by atoms with Crippen LogP contribution >= 0.6 is 0 Å². The Morgan fingerprint density at radius 2 is 1.87 bits per heavy atom. The predicted molar refractivity (Wildman–Crippen MR) is 87.9 cm³/mol. The van der Waals surface area contributed by atoms with E-state index in [0.29, 0.717) is 6.42 Å². The minimum Gasteiger partial charge on any atom is -0.462 e. The summed E-state index contributed by atoms with van der Waals surface area (Å²) in [7, 11) is -3.62. The molecule has 1 N–H and O–H groups in total. The van der Waals surface area contributed by atoms with Crippen LogP contribution in [0.15, 0.2) is 24.3 Å². The maximum atomic E-state index is 12.1. The minimum absolute atomic E-state index is 0.0288. The molecular weight excluding hydrogens is 320 g/mol. The zero-order valence-corrected chi connectivity index (χ0v) is 14.4. The highest BCUT2D eigenvalue weighted by Crippen LogP contribution is 2.23. The molecule has 0 atom stereocenters. The molecule has 0 aliphatic carbocycles. The van der Waals surface area contributed by atoms with Crippen molar-refractivity contribution in [3.8, 4) is 0 Å². The van der Waals surface area contributed by atoms with Gasteiger partial charge in [0.15, 0.2) is 0 Å². The Morgan fingerprint density at radius 3 is 2.43 bits per heavy atom. The summed E-state index contributed by atoms with van der Waals surface area (Å²) in [6, 6.07) is 6.32. The Bertz CT molecular complexity index is 658. The summed E-state index contributed by atoms with van der Waals surface area (Å²) in [6.07, 6.45) is 1.37. The molecule has 0 bridgehead atoms. The summed E-state index contributed by atoms with van der Waals surface area (Å²) in [6.45, 7) is 3.76. The summed E-state index contributed by atoms with van der Waals surface area (Å²) in [4.78, 5) is 23.3. The lowest BCUT2D eigenvalue weighted by Crippen LogP contribution is -2.38. The molecule has 0 spiro atoms. The first-order valence-electron chi connectivity index (χ1n) is 7.31. The topological polar surface area (TPSA) is 92.8 Å². The number of ether oxygens (including phenoxy) is 1. The number of carbonyl (C=O) groups excluding carboxylic acids is 2. The first-order valence-corrected chi connectivity index (χ1v) is 9.16. The quantitative estimate of drug-likeness (QED) is 0.716. The van der Waals surface area contributed by atoms with E-state index in [9.17, 15) is 18.0 Å². The van der Waals surface area contributed by atoms with Gasteiger partial charge in [-0.2, -0.15) is 0 Å². The molecule has 1 aromatic carbocycles. The van der Waals surface area contributed by atoms with E-state index in [2.05, 4.69) is 5.32 Å². The second kappa shape index (κ2) is 8.52. The standard InChI is InChI=1S/C15H22N2O5S/c1-4-14(18)16-10-11-17(23(3,20)21)13-9-7-6-8-12(13)15(19)22-5-2/h6-9H,4-5,10-11H2,1-3H3,(H,16,18). The van der Waals surface area contributed by atoms with Crippen LogP contribution in [0.3, 0.4) is 0 Å². The fraction of sp³-hybridized carbons (Fsp3) is 0.467. The molecule has 23 heavy (non-hydrogen) atoms. The molecule has 8 heteroatoms. The number of carbonyl (C=O) groups is 2. The second-order valence-corrected chi connectivity index (χ2v) is 6.68. The van der Waals surface area contributed by atoms with Crippen molar-refractivity contribution in [2.45, 2.75) is 20.3 Å². The SMILES string of the molecule is CCOC(=O)c1ccccc1N(CCNC(=O)CC)S(C)(=O)=O. The van der Waals surface area contributed by atoms with Crippen LogP contribution in [-0.4, -0.2) is 46.2 Å². The number of rotatable bonds is 8. The van der Waals surface area contributed by atoms with Crippen molar-refractivity contribution < 1.29 is 22.7 Å². The van der Waals surface area contributed by atoms with Crippen molar-refractivity contribution in [3.63, 3.8) is 0 Å². The van der Waals surface area contributed by atoms with E-state index in [1.54, 1.807) is 26.0 Å². The van der Waals surface area contributed by atoms with Gasteiger partial charge in [0.1, 0.15) is 0 Å². The van der Waals surface area contributed by atoms with Gasteiger partial charge >= 0.3 is 5.97 Å². The predicted octanol–water partition coefficient (Wildman–Crippen LogP) is 1.16. The van der Waals surface area contributed by atoms with E-state index < -0.39 is 16.0 Å². The van der Waals surface area contributed by atoms with E-state index >= 15 is 0 Å². The number of benzene rings is 1. The first kappa shape index (κ1) is 19.0. The van der Waals surface area contributed by atoms with Crippen molar-refractivity contribution in [2.75, 3.05) is 30.3 Å². The van der Waals surface area contributed by atoms with E-state index in [1.165, 1.54) is 12.1 Å². The first-order chi connectivity index (χ1) is 10.8. The Kier molecular flexibility index (Phi) is 7.02. The molecule has 1 aromatic rings. The number of sulfonamides is 1. The third-order valence-corrected chi connectivity index (χ3v) is 4.21. The Balaban J connectivity index is 3.09. The van der Waals surface area contributed by atoms with Crippen molar-refractivity contribution in [1.29, 1.82) is 0 Å². The molecule has 0 aliphatic rings. The molecule has 0 fully saturated rings. The minimum atomic E-state index is -3.62. The van der Waals surface area contributed by atoms with Crippen LogP contribution in [0, 0.1) is 0 Å². The average Bonchev–Trinajstić information content (AvgIpc) is 2.50. The third kappa shape index (κ3) is 5.55. The second-order valence-electron chi connectivity index (χ2n) is 4.78. The van der Waals surface area contributed by atoms with Crippen LogP contribution in [0.25, 0.3) is 0 Å². The summed E-state index contributed by atoms with van der Waals surface area (Å²) in [5, 5.41) is 2.62. The molecule has 128 valence electrons. The molecule has 1 amide bonds. The van der Waals surface area contributed by atoms with E-state index in [1.807, 2.05) is 0 Å². The zero-order valence-electron chi connectivity index (χ0n) is 13.5. The van der Waals surface area contributed by atoms with Crippen LogP contribution in [0.2, 0.25) is 0 Å². The van der Waals surface area contributed by atoms with Gasteiger partial charge in [0.05, 0.1) is 30.7 Å². The number of esters is 1. The van der Waals surface area contributed by atoms with Gasteiger partial charge in [-0.15, -0.1) is 0 Å². The summed E-state index contributed by atoms with van der Waals surface area (Å²) in [5.74, 6) is -0.758. The highest BCUT2D eigenvalue weighted by atomic mass is 32.2. The lowest BCUT2D eigenvalue weighted by molar-refractivity contribution is -0.120.